The van der Waals surface area contributed by atoms with E-state index in [1.807, 2.05) is 43.3 Å². The summed E-state index contributed by atoms with van der Waals surface area (Å²) < 4.78 is 13.4. The third-order valence-electron chi connectivity index (χ3n) is 7.49. The highest BCUT2D eigenvalue weighted by molar-refractivity contribution is 6.01. The van der Waals surface area contributed by atoms with E-state index in [4.69, 9.17) is 9.47 Å². The summed E-state index contributed by atoms with van der Waals surface area (Å²) in [4.78, 5) is 41.4. The van der Waals surface area contributed by atoms with Gasteiger partial charge in [-0.1, -0.05) is 43.0 Å². The average Bonchev–Trinajstić information content (AvgIpc) is 3.22. The highest BCUT2D eigenvalue weighted by Crippen LogP contribution is 2.32. The van der Waals surface area contributed by atoms with Crippen molar-refractivity contribution in [3.05, 3.63) is 69.9 Å². The molecule has 8 nitrogen and oxygen atoms in total. The lowest BCUT2D eigenvalue weighted by Gasteiger charge is -2.41. The quantitative estimate of drug-likeness (QED) is 0.543. The largest absolute Gasteiger partial charge is 0.353 e. The number of amides is 3. The first-order valence-electron chi connectivity index (χ1n) is 12.8. The summed E-state index contributed by atoms with van der Waals surface area (Å²) in [6.45, 7) is 7.91. The van der Waals surface area contributed by atoms with Crippen LogP contribution in [-0.4, -0.2) is 65.2 Å². The zero-order valence-corrected chi connectivity index (χ0v) is 21.4. The van der Waals surface area contributed by atoms with Crippen LogP contribution < -0.4 is 10.6 Å². The topological polar surface area (TPSA) is 81.1 Å². The molecule has 2 bridgehead atoms. The molecule has 3 aliphatic rings. The van der Waals surface area contributed by atoms with Gasteiger partial charge in [0, 0.05) is 43.4 Å². The van der Waals surface area contributed by atoms with Gasteiger partial charge in [0.15, 0.2) is 12.1 Å². The van der Waals surface area contributed by atoms with Crippen LogP contribution in [-0.2, 0) is 27.4 Å². The molecule has 2 unspecified atom stereocenters. The molecular weight excluding hydrogens is 470 g/mol. The Hall–Kier alpha value is -3.49. The number of ether oxygens (including phenoxy) is 2. The van der Waals surface area contributed by atoms with E-state index in [1.54, 1.807) is 18.0 Å². The molecule has 2 saturated heterocycles. The molecule has 1 aromatic heterocycles. The van der Waals surface area contributed by atoms with Gasteiger partial charge in [0.25, 0.3) is 0 Å². The number of hydrogen-bond acceptors (Lipinski definition) is 5. The van der Waals surface area contributed by atoms with Crippen molar-refractivity contribution in [2.45, 2.75) is 51.5 Å². The Morgan fingerprint density at radius 2 is 2.00 bits per heavy atom. The van der Waals surface area contributed by atoms with Gasteiger partial charge >= 0.3 is 6.03 Å². The maximum Gasteiger partial charge on any atom is 0.326 e. The van der Waals surface area contributed by atoms with Gasteiger partial charge in [-0.25, -0.2) is 4.79 Å². The predicted molar refractivity (Wildman–Crippen MR) is 139 cm³/mol. The molecule has 8 heteroatoms. The van der Waals surface area contributed by atoms with Crippen molar-refractivity contribution in [3.8, 4) is 0 Å². The normalized spacial score (nSPS) is 22.4. The van der Waals surface area contributed by atoms with Crippen molar-refractivity contribution < 1.29 is 23.9 Å². The number of benzene rings is 1. The third kappa shape index (κ3) is 4.67. The number of allylic oxidation sites excluding steroid dienone is 1. The first-order chi connectivity index (χ1) is 17.9. The zero-order chi connectivity index (χ0) is 26.1. The molecule has 3 amide bonds. The Kier molecular flexibility index (Phi) is 7.13. The standard InChI is InChI=1S/C29H33N3O5/c1-4-8-23-21(5-2)27-22-16-31(29(35)30(3)28(22)34)17-24(27)32(23)15-19-10-12-20(13-11-19)25(33)18-37-26-9-6-7-14-36-26/h4-5,8,10-13,22,26H,1,6-7,9,14-18H2,2-3H3/b21-5+,23-8+. The molecule has 3 aliphatic heterocycles. The highest BCUT2D eigenvalue weighted by atomic mass is 16.7. The number of hydrogen-bond donors (Lipinski definition) is 0. The van der Waals surface area contributed by atoms with Crippen LogP contribution in [0.25, 0.3) is 12.2 Å². The van der Waals surface area contributed by atoms with Crippen molar-refractivity contribution in [1.29, 1.82) is 0 Å². The number of rotatable bonds is 7. The van der Waals surface area contributed by atoms with Crippen LogP contribution in [0, 0.1) is 0 Å². The molecular formula is C29H33N3O5. The van der Waals surface area contributed by atoms with Gasteiger partial charge in [-0.2, -0.15) is 0 Å². The van der Waals surface area contributed by atoms with Crippen molar-refractivity contribution in [2.24, 2.45) is 0 Å². The van der Waals surface area contributed by atoms with E-state index in [-0.39, 0.29) is 36.5 Å². The molecule has 0 aliphatic carbocycles. The van der Waals surface area contributed by atoms with Crippen LogP contribution in [0.5, 0.6) is 0 Å². The van der Waals surface area contributed by atoms with Gasteiger partial charge in [-0.3, -0.25) is 14.5 Å². The summed E-state index contributed by atoms with van der Waals surface area (Å²) in [5, 5.41) is 1.96. The Labute approximate surface area is 216 Å². The molecule has 0 radical (unpaired) electrons. The smallest absolute Gasteiger partial charge is 0.326 e. The second-order valence-electron chi connectivity index (χ2n) is 9.78. The van der Waals surface area contributed by atoms with E-state index in [9.17, 15) is 14.4 Å². The minimum Gasteiger partial charge on any atom is -0.353 e. The fourth-order valence-corrected chi connectivity index (χ4v) is 5.58. The van der Waals surface area contributed by atoms with Crippen LogP contribution in [0.1, 0.15) is 59.3 Å². The zero-order valence-electron chi connectivity index (χ0n) is 21.4. The monoisotopic (exact) mass is 503 g/mol. The molecule has 2 atom stereocenters. The van der Waals surface area contributed by atoms with Crippen LogP contribution in [0.2, 0.25) is 0 Å². The minimum atomic E-state index is -0.385. The minimum absolute atomic E-state index is 0.00299. The molecule has 37 heavy (non-hydrogen) atoms. The summed E-state index contributed by atoms with van der Waals surface area (Å²) in [5.74, 6) is -0.635. The molecule has 0 saturated carbocycles. The lowest BCUT2D eigenvalue weighted by atomic mass is 9.90. The molecule has 4 heterocycles. The van der Waals surface area contributed by atoms with E-state index < -0.39 is 0 Å². The van der Waals surface area contributed by atoms with Crippen LogP contribution in [0.15, 0.2) is 36.9 Å². The highest BCUT2D eigenvalue weighted by Gasteiger charge is 2.44. The number of Topliss-reactive ketones (excluding diaryl/α,β-unsaturated/α-hetero) is 1. The average molecular weight is 504 g/mol. The lowest BCUT2D eigenvalue weighted by Crippen LogP contribution is -2.56. The number of urea groups is 1. The van der Waals surface area contributed by atoms with E-state index in [0.29, 0.717) is 31.8 Å². The van der Waals surface area contributed by atoms with Crippen LogP contribution in [0.3, 0.4) is 0 Å². The number of aromatic nitrogens is 1. The molecule has 0 N–H and O–H groups in total. The molecule has 1 aromatic carbocycles. The number of carbonyl (C=O) groups is 3. The van der Waals surface area contributed by atoms with E-state index in [1.165, 1.54) is 4.90 Å². The van der Waals surface area contributed by atoms with E-state index in [2.05, 4.69) is 11.1 Å². The van der Waals surface area contributed by atoms with Crippen LogP contribution >= 0.6 is 0 Å². The number of likely N-dealkylation sites (N-methyl/N-ethyl adjacent to an activating group) is 1. The second kappa shape index (κ2) is 10.5. The molecule has 194 valence electrons. The van der Waals surface area contributed by atoms with E-state index >= 15 is 0 Å². The maximum absolute atomic E-state index is 13.0. The van der Waals surface area contributed by atoms with Crippen LogP contribution in [0.4, 0.5) is 4.79 Å². The number of fused-ring (bicyclic) bond motifs is 4. The number of imide groups is 1. The number of carbonyl (C=O) groups excluding carboxylic acids is 3. The Bertz CT molecular complexity index is 1350. The van der Waals surface area contributed by atoms with Gasteiger partial charge in [0.2, 0.25) is 5.91 Å². The first-order valence-corrected chi connectivity index (χ1v) is 12.8. The molecule has 0 spiro atoms. The maximum atomic E-state index is 13.0. The summed E-state index contributed by atoms with van der Waals surface area (Å²) >= 11 is 0. The Morgan fingerprint density at radius 1 is 1.22 bits per heavy atom. The number of nitrogens with zero attached hydrogens (tertiary/aromatic N) is 3. The first kappa shape index (κ1) is 25.2. The van der Waals surface area contributed by atoms with Gasteiger partial charge < -0.3 is 18.9 Å². The third-order valence-corrected chi connectivity index (χ3v) is 7.49. The number of ketones is 1. The summed E-state index contributed by atoms with van der Waals surface area (Å²) in [6.07, 6.45) is 8.33. The van der Waals surface area contributed by atoms with Gasteiger partial charge in [-0.15, -0.1) is 0 Å². The van der Waals surface area contributed by atoms with Crippen molar-refractivity contribution in [3.63, 3.8) is 0 Å². The van der Waals surface area contributed by atoms with E-state index in [0.717, 1.165) is 46.7 Å². The fourth-order valence-electron chi connectivity index (χ4n) is 5.58. The fraction of sp³-hybridized carbons (Fsp3) is 0.414. The van der Waals surface area contributed by atoms with Crippen molar-refractivity contribution in [2.75, 3.05) is 26.8 Å². The summed E-state index contributed by atoms with van der Waals surface area (Å²) in [7, 11) is 1.55. The van der Waals surface area contributed by atoms with Crippen molar-refractivity contribution in [1.82, 2.24) is 14.4 Å². The molecule has 2 fully saturated rings. The SMILES string of the molecule is C=C/C=c1\c(=C/C)c2c(n1Cc1ccc(C(=O)COC3CCCCO3)cc1)CN1CC2C(=O)N(C)C1=O. The Balaban J connectivity index is 1.42. The second-order valence-corrected chi connectivity index (χ2v) is 9.78. The molecule has 2 aromatic rings. The Morgan fingerprint density at radius 3 is 2.68 bits per heavy atom. The van der Waals surface area contributed by atoms with Crippen molar-refractivity contribution >= 4 is 29.9 Å². The predicted octanol–water partition coefficient (Wildman–Crippen LogP) is 2.52. The molecule has 5 rings (SSSR count). The summed E-state index contributed by atoms with van der Waals surface area (Å²) in [5.41, 5.74) is 3.56. The van der Waals surface area contributed by atoms with Gasteiger partial charge in [0.05, 0.1) is 12.5 Å². The van der Waals surface area contributed by atoms with Gasteiger partial charge in [-0.05, 0) is 48.6 Å². The van der Waals surface area contributed by atoms with Gasteiger partial charge in [0.1, 0.15) is 6.61 Å². The summed E-state index contributed by atoms with van der Waals surface area (Å²) in [6, 6.07) is 7.26. The lowest BCUT2D eigenvalue weighted by molar-refractivity contribution is -0.155.